The second-order valence-corrected chi connectivity index (χ2v) is 15.5. The first-order chi connectivity index (χ1) is 15.4. The summed E-state index contributed by atoms with van der Waals surface area (Å²) in [5.74, 6) is 2.57. The molecule has 1 saturated heterocycles. The third-order valence-corrected chi connectivity index (χ3v) is 11.5. The first-order valence-electron chi connectivity index (χ1n) is 11.2. The van der Waals surface area contributed by atoms with E-state index in [1.165, 1.54) is 10.8 Å². The highest BCUT2D eigenvalue weighted by atomic mass is 31.2. The van der Waals surface area contributed by atoms with Crippen molar-refractivity contribution in [2.45, 2.75) is 89.9 Å². The first-order valence-corrected chi connectivity index (χ1v) is 15.2. The fraction of sp³-hybridized carbons (Fsp3) is 0.727. The van der Waals surface area contributed by atoms with Crippen LogP contribution in [-0.2, 0) is 18.2 Å². The van der Waals surface area contributed by atoms with Crippen LogP contribution >= 0.6 is 8.60 Å². The molecule has 1 aromatic rings. The Bertz CT molecular complexity index is 934. The molecule has 2 heterocycles. The molecule has 0 spiro atoms. The van der Waals surface area contributed by atoms with Crippen molar-refractivity contribution in [2.24, 2.45) is 0 Å². The molecule has 2 N–H and O–H groups in total. The second-order valence-electron chi connectivity index (χ2n) is 9.79. The summed E-state index contributed by atoms with van der Waals surface area (Å²) < 4.78 is 25.0. The molecule has 1 aliphatic rings. The third-order valence-electron chi connectivity index (χ3n) is 6.19. The van der Waals surface area contributed by atoms with Crippen LogP contribution in [0.1, 0.15) is 58.2 Å². The maximum absolute atomic E-state index is 12.4. The van der Waals surface area contributed by atoms with Crippen molar-refractivity contribution in [1.29, 1.82) is 0 Å². The van der Waals surface area contributed by atoms with Crippen LogP contribution in [0.25, 0.3) is 0 Å². The molecule has 1 unspecified atom stereocenters. The van der Waals surface area contributed by atoms with E-state index in [9.17, 15) is 14.5 Å². The Kier molecular flexibility index (Phi) is 10.1. The van der Waals surface area contributed by atoms with E-state index in [0.717, 1.165) is 12.8 Å². The standard InChI is InChI=1S/C22H37N2O7PSi/c1-8-9-10-11-12-28-32(27)31-17-13-19(24-14-16(2)20(25)23-21(24)26)30-18(17)15-29-33(6,7)22(3,4)5/h1,14,17-19,27H,9-13,15H2,2-7H3,(H,23,25,26)/t17-,18+,19+,32?/m0/s1. The molecule has 9 nitrogen and oxygen atoms in total. The predicted molar refractivity (Wildman–Crippen MR) is 130 cm³/mol. The van der Waals surface area contributed by atoms with Gasteiger partial charge in [-0.05, 0) is 37.9 Å². The Hall–Kier alpha value is -1.31. The van der Waals surface area contributed by atoms with E-state index in [0.29, 0.717) is 25.0 Å². The van der Waals surface area contributed by atoms with Crippen LogP contribution in [0.4, 0.5) is 0 Å². The van der Waals surface area contributed by atoms with Crippen LogP contribution in [0.15, 0.2) is 15.8 Å². The molecule has 2 rings (SSSR count). The topological polar surface area (TPSA) is 112 Å². The number of hydrogen-bond acceptors (Lipinski definition) is 7. The number of aromatic amines is 1. The number of unbranched alkanes of at least 4 members (excludes halogenated alkanes) is 2. The number of nitrogens with zero attached hydrogens (tertiary/aromatic N) is 1. The van der Waals surface area contributed by atoms with Gasteiger partial charge in [-0.15, -0.1) is 12.3 Å². The fourth-order valence-corrected chi connectivity index (χ4v) is 4.87. The summed E-state index contributed by atoms with van der Waals surface area (Å²) in [6.07, 6.45) is 7.50. The lowest BCUT2D eigenvalue weighted by atomic mass is 10.2. The Labute approximate surface area is 197 Å². The number of terminal acetylenes is 1. The molecule has 1 fully saturated rings. The lowest BCUT2D eigenvalue weighted by molar-refractivity contribution is -0.0414. The normalized spacial score (nSPS) is 22.3. The van der Waals surface area contributed by atoms with Gasteiger partial charge in [-0.3, -0.25) is 14.3 Å². The molecule has 0 aliphatic carbocycles. The van der Waals surface area contributed by atoms with Crippen LogP contribution in [0.3, 0.4) is 0 Å². The highest BCUT2D eigenvalue weighted by molar-refractivity contribution is 7.40. The van der Waals surface area contributed by atoms with Gasteiger partial charge in [-0.25, -0.2) is 4.79 Å². The number of aromatic nitrogens is 2. The molecule has 0 bridgehead atoms. The number of rotatable bonds is 11. The number of hydrogen-bond donors (Lipinski definition) is 2. The number of nitrogens with one attached hydrogen (secondary N) is 1. The monoisotopic (exact) mass is 500 g/mol. The van der Waals surface area contributed by atoms with Crippen LogP contribution in [0.2, 0.25) is 18.1 Å². The molecule has 0 radical (unpaired) electrons. The average Bonchev–Trinajstić information content (AvgIpc) is 3.10. The Morgan fingerprint density at radius 3 is 2.70 bits per heavy atom. The van der Waals surface area contributed by atoms with E-state index in [-0.39, 0.29) is 11.6 Å². The summed E-state index contributed by atoms with van der Waals surface area (Å²) >= 11 is 0. The predicted octanol–water partition coefficient (Wildman–Crippen LogP) is 3.58. The molecule has 0 aromatic carbocycles. The first kappa shape index (κ1) is 27.9. The highest BCUT2D eigenvalue weighted by Gasteiger charge is 2.43. The van der Waals surface area contributed by atoms with Crippen LogP contribution in [-0.4, -0.2) is 48.2 Å². The summed E-state index contributed by atoms with van der Waals surface area (Å²) in [5.41, 5.74) is -0.593. The van der Waals surface area contributed by atoms with Gasteiger partial charge in [0, 0.05) is 24.6 Å². The Morgan fingerprint density at radius 2 is 2.06 bits per heavy atom. The van der Waals surface area contributed by atoms with Gasteiger partial charge in [0.25, 0.3) is 5.56 Å². The van der Waals surface area contributed by atoms with Crippen molar-refractivity contribution in [3.63, 3.8) is 0 Å². The average molecular weight is 501 g/mol. The van der Waals surface area contributed by atoms with E-state index in [1.807, 2.05) is 0 Å². The van der Waals surface area contributed by atoms with Gasteiger partial charge in [-0.1, -0.05) is 20.8 Å². The minimum Gasteiger partial charge on any atom is -0.414 e. The quantitative estimate of drug-likeness (QED) is 0.207. The van der Waals surface area contributed by atoms with E-state index < -0.39 is 46.6 Å². The number of aryl methyl sites for hydroxylation is 1. The minimum absolute atomic E-state index is 0.0133. The van der Waals surface area contributed by atoms with Crippen LogP contribution in [0.5, 0.6) is 0 Å². The van der Waals surface area contributed by atoms with Crippen molar-refractivity contribution in [3.8, 4) is 12.3 Å². The van der Waals surface area contributed by atoms with E-state index in [1.54, 1.807) is 6.92 Å². The van der Waals surface area contributed by atoms with Crippen molar-refractivity contribution in [1.82, 2.24) is 9.55 Å². The van der Waals surface area contributed by atoms with Gasteiger partial charge in [0.05, 0.1) is 19.3 Å². The summed E-state index contributed by atoms with van der Waals surface area (Å²) in [6, 6.07) is 0. The second kappa shape index (κ2) is 11.9. The molecule has 11 heteroatoms. The maximum Gasteiger partial charge on any atom is 0.330 e. The van der Waals surface area contributed by atoms with Crippen LogP contribution < -0.4 is 11.2 Å². The van der Waals surface area contributed by atoms with E-state index in [2.05, 4.69) is 44.8 Å². The Morgan fingerprint density at radius 1 is 1.36 bits per heavy atom. The Balaban J connectivity index is 2.12. The number of ether oxygens (including phenoxy) is 1. The molecule has 33 heavy (non-hydrogen) atoms. The lowest BCUT2D eigenvalue weighted by Gasteiger charge is -2.37. The smallest absolute Gasteiger partial charge is 0.330 e. The van der Waals surface area contributed by atoms with Crippen LogP contribution in [0, 0.1) is 19.3 Å². The van der Waals surface area contributed by atoms with Gasteiger partial charge < -0.3 is 23.1 Å². The minimum atomic E-state index is -2.13. The van der Waals surface area contributed by atoms with Gasteiger partial charge >= 0.3 is 14.3 Å². The largest absolute Gasteiger partial charge is 0.414 e. The van der Waals surface area contributed by atoms with Gasteiger partial charge in [-0.2, -0.15) is 0 Å². The van der Waals surface area contributed by atoms with E-state index >= 15 is 0 Å². The zero-order valence-electron chi connectivity index (χ0n) is 20.4. The third kappa shape index (κ3) is 7.86. The SMILES string of the molecule is C#CCCCCOP(O)O[C@H]1C[C@H](n2cc(C)c(=O)[nH]c2=O)O[C@@H]1CO[Si](C)(C)C(C)(C)C. The van der Waals surface area contributed by atoms with Gasteiger partial charge in [0.1, 0.15) is 12.3 Å². The molecule has 1 aliphatic heterocycles. The van der Waals surface area contributed by atoms with Crippen molar-refractivity contribution >= 4 is 16.9 Å². The molecular formula is C22H37N2O7PSi. The van der Waals surface area contributed by atoms with Crippen molar-refractivity contribution in [2.75, 3.05) is 13.2 Å². The molecule has 0 amide bonds. The molecule has 0 saturated carbocycles. The zero-order chi connectivity index (χ0) is 24.8. The molecular weight excluding hydrogens is 463 g/mol. The zero-order valence-corrected chi connectivity index (χ0v) is 22.3. The molecule has 4 atom stereocenters. The molecule has 1 aromatic heterocycles. The number of H-pyrrole nitrogens is 1. The van der Waals surface area contributed by atoms with E-state index in [4.69, 9.17) is 24.6 Å². The summed E-state index contributed by atoms with van der Waals surface area (Å²) in [6.45, 7) is 13.0. The highest BCUT2D eigenvalue weighted by Crippen LogP contribution is 2.42. The van der Waals surface area contributed by atoms with Crippen molar-refractivity contribution in [3.05, 3.63) is 32.6 Å². The maximum atomic E-state index is 12.4. The summed E-state index contributed by atoms with van der Waals surface area (Å²) in [4.78, 5) is 36.7. The molecule has 186 valence electrons. The van der Waals surface area contributed by atoms with Gasteiger partial charge in [0.15, 0.2) is 8.32 Å². The summed E-state index contributed by atoms with van der Waals surface area (Å²) in [5, 5.41) is 0.0133. The fourth-order valence-electron chi connectivity index (χ4n) is 3.06. The lowest BCUT2D eigenvalue weighted by Crippen LogP contribution is -2.44. The van der Waals surface area contributed by atoms with Gasteiger partial charge in [0.2, 0.25) is 0 Å². The summed E-state index contributed by atoms with van der Waals surface area (Å²) in [7, 11) is -4.19. The van der Waals surface area contributed by atoms with Crippen molar-refractivity contribution < 1.29 is 23.1 Å².